The molecule has 1 aliphatic heterocycles. The van der Waals surface area contributed by atoms with Gasteiger partial charge in [0.15, 0.2) is 5.03 Å². The van der Waals surface area contributed by atoms with Gasteiger partial charge in [0.1, 0.15) is 0 Å². The molecule has 2 heterocycles. The van der Waals surface area contributed by atoms with Crippen LogP contribution >= 0.6 is 0 Å². The fourth-order valence-corrected chi connectivity index (χ4v) is 7.54. The number of hydrogen-bond donors (Lipinski definition) is 1. The highest BCUT2D eigenvalue weighted by atomic mass is 32.2. The van der Waals surface area contributed by atoms with E-state index in [1.807, 2.05) is 30.3 Å². The lowest BCUT2D eigenvalue weighted by Crippen LogP contribution is -2.47. The van der Waals surface area contributed by atoms with Gasteiger partial charge in [-0.3, -0.25) is 4.31 Å². The van der Waals surface area contributed by atoms with Gasteiger partial charge in [-0.25, -0.2) is 13.4 Å². The van der Waals surface area contributed by atoms with Crippen LogP contribution in [0.15, 0.2) is 101 Å². The van der Waals surface area contributed by atoms with Crippen LogP contribution in [0, 0.1) is 11.3 Å². The molecule has 37 heavy (non-hydrogen) atoms. The lowest BCUT2D eigenvalue weighted by atomic mass is 10.1. The van der Waals surface area contributed by atoms with Crippen molar-refractivity contribution in [2.24, 2.45) is 0 Å². The number of aromatic nitrogens is 2. The highest BCUT2D eigenvalue weighted by Gasteiger charge is 2.40. The smallest absolute Gasteiger partial charge is 0.283 e. The molecule has 1 aromatic heterocycles. The first-order valence-corrected chi connectivity index (χ1v) is 14.3. The highest BCUT2D eigenvalue weighted by molar-refractivity contribution is 7.92. The Morgan fingerprint density at radius 1 is 0.946 bits per heavy atom. The normalized spacial score (nSPS) is 16.5. The lowest BCUT2D eigenvalue weighted by molar-refractivity contribution is 0.322. The zero-order valence-electron chi connectivity index (χ0n) is 19.6. The van der Waals surface area contributed by atoms with Crippen LogP contribution in [0.25, 0.3) is 0 Å². The summed E-state index contributed by atoms with van der Waals surface area (Å²) in [5.74, 6) is 0. The third-order valence-corrected chi connectivity index (χ3v) is 9.87. The maximum Gasteiger partial charge on any atom is 0.283 e. The van der Waals surface area contributed by atoms with Crippen molar-refractivity contribution >= 4 is 25.7 Å². The van der Waals surface area contributed by atoms with Gasteiger partial charge in [0.25, 0.3) is 10.0 Å². The van der Waals surface area contributed by atoms with Gasteiger partial charge in [0, 0.05) is 18.8 Å². The van der Waals surface area contributed by atoms with Gasteiger partial charge in [-0.2, -0.15) is 18.0 Å². The molecule has 3 aromatic carbocycles. The molecule has 1 unspecified atom stereocenters. The molecular formula is C26H23N5O4S2. The van der Waals surface area contributed by atoms with Gasteiger partial charge in [0.2, 0.25) is 10.0 Å². The number of nitrogens with zero attached hydrogens (tertiary/aromatic N) is 4. The Labute approximate surface area is 215 Å². The van der Waals surface area contributed by atoms with Crippen LogP contribution < -0.4 is 4.31 Å². The molecule has 0 saturated heterocycles. The number of aromatic amines is 1. The molecule has 1 atom stereocenters. The molecule has 188 valence electrons. The number of anilines is 1. The molecule has 9 nitrogen and oxygen atoms in total. The predicted octanol–water partition coefficient (Wildman–Crippen LogP) is 3.29. The molecular weight excluding hydrogens is 510 g/mol. The van der Waals surface area contributed by atoms with E-state index in [1.54, 1.807) is 30.3 Å². The minimum absolute atomic E-state index is 0.105. The number of rotatable bonds is 6. The minimum Gasteiger partial charge on any atom is -0.350 e. The Balaban J connectivity index is 1.70. The summed E-state index contributed by atoms with van der Waals surface area (Å²) in [5.41, 5.74) is 1.88. The number of imidazole rings is 1. The van der Waals surface area contributed by atoms with Gasteiger partial charge >= 0.3 is 0 Å². The van der Waals surface area contributed by atoms with Crippen LogP contribution in [-0.2, 0) is 33.0 Å². The van der Waals surface area contributed by atoms with Crippen LogP contribution in [0.3, 0.4) is 0 Å². The van der Waals surface area contributed by atoms with E-state index in [2.05, 4.69) is 16.0 Å². The van der Waals surface area contributed by atoms with Crippen LogP contribution in [0.2, 0.25) is 0 Å². The van der Waals surface area contributed by atoms with Crippen molar-refractivity contribution in [3.63, 3.8) is 0 Å². The van der Waals surface area contributed by atoms with Crippen LogP contribution in [0.4, 0.5) is 5.69 Å². The summed E-state index contributed by atoms with van der Waals surface area (Å²) in [6, 6.07) is 23.3. The van der Waals surface area contributed by atoms with Crippen molar-refractivity contribution in [1.29, 1.82) is 5.26 Å². The molecule has 4 aromatic rings. The number of sulfonamides is 2. The van der Waals surface area contributed by atoms with E-state index in [0.29, 0.717) is 16.8 Å². The van der Waals surface area contributed by atoms with Crippen molar-refractivity contribution in [2.75, 3.05) is 10.8 Å². The zero-order valence-corrected chi connectivity index (χ0v) is 21.2. The number of nitriles is 1. The van der Waals surface area contributed by atoms with Gasteiger partial charge in [0.05, 0.1) is 35.1 Å². The van der Waals surface area contributed by atoms with Crippen molar-refractivity contribution < 1.29 is 16.8 Å². The lowest BCUT2D eigenvalue weighted by Gasteiger charge is -2.31. The summed E-state index contributed by atoms with van der Waals surface area (Å²) in [6.07, 6.45) is 2.84. The van der Waals surface area contributed by atoms with E-state index in [-0.39, 0.29) is 29.4 Å². The van der Waals surface area contributed by atoms with E-state index < -0.39 is 26.1 Å². The second kappa shape index (κ2) is 9.82. The van der Waals surface area contributed by atoms with Gasteiger partial charge in [-0.15, -0.1) is 0 Å². The molecule has 0 fully saturated rings. The first-order valence-electron chi connectivity index (χ1n) is 11.5. The van der Waals surface area contributed by atoms with E-state index in [4.69, 9.17) is 0 Å². The first-order chi connectivity index (χ1) is 17.8. The van der Waals surface area contributed by atoms with Gasteiger partial charge in [-0.1, -0.05) is 48.5 Å². The van der Waals surface area contributed by atoms with E-state index in [0.717, 1.165) is 5.56 Å². The molecule has 0 saturated carbocycles. The summed E-state index contributed by atoms with van der Waals surface area (Å²) in [4.78, 5) is 6.73. The number of nitrogens with one attached hydrogen (secondary N) is 1. The largest absolute Gasteiger partial charge is 0.350 e. The van der Waals surface area contributed by atoms with Crippen molar-refractivity contribution in [2.45, 2.75) is 28.9 Å². The summed E-state index contributed by atoms with van der Waals surface area (Å²) in [6.45, 7) is -0.249. The van der Waals surface area contributed by atoms with Gasteiger partial charge in [-0.05, 0) is 47.9 Å². The standard InChI is InChI=1S/C26H23N5O4S2/c27-15-21-11-12-25-22(13-21)17-30(36(32,33)24-9-5-2-6-10-24)23(14-20-7-3-1-4-8-20)18-31(25)37(34,35)26-16-28-19-29-26/h1-13,16,19,23H,14,17-18H2,(H,28,29). The zero-order chi connectivity index (χ0) is 26.0. The van der Waals surface area contributed by atoms with Crippen molar-refractivity contribution in [1.82, 2.24) is 14.3 Å². The molecule has 0 aliphatic carbocycles. The predicted molar refractivity (Wildman–Crippen MR) is 137 cm³/mol. The van der Waals surface area contributed by atoms with Crippen molar-refractivity contribution in [3.05, 3.63) is 108 Å². The van der Waals surface area contributed by atoms with E-state index >= 15 is 0 Å². The molecule has 0 bridgehead atoms. The second-order valence-corrected chi connectivity index (χ2v) is 12.3. The number of benzene rings is 3. The number of fused-ring (bicyclic) bond motifs is 1. The summed E-state index contributed by atoms with van der Waals surface area (Å²) >= 11 is 0. The Kier molecular flexibility index (Phi) is 6.55. The Morgan fingerprint density at radius 2 is 1.65 bits per heavy atom. The Bertz CT molecular complexity index is 1650. The van der Waals surface area contributed by atoms with Crippen LogP contribution in [0.5, 0.6) is 0 Å². The minimum atomic E-state index is -4.15. The molecule has 1 aliphatic rings. The SMILES string of the molecule is N#Cc1ccc2c(c1)CN(S(=O)(=O)c1ccccc1)C(Cc1ccccc1)CN2S(=O)(=O)c1c[nH]cn1. The van der Waals surface area contributed by atoms with E-state index in [9.17, 15) is 22.1 Å². The molecule has 1 N–H and O–H groups in total. The molecule has 0 radical (unpaired) electrons. The monoisotopic (exact) mass is 533 g/mol. The molecule has 5 rings (SSSR count). The Hall–Kier alpha value is -3.98. The van der Waals surface area contributed by atoms with E-state index in [1.165, 1.54) is 39.3 Å². The molecule has 0 amide bonds. The fourth-order valence-electron chi connectivity index (χ4n) is 4.49. The number of H-pyrrole nitrogens is 1. The summed E-state index contributed by atoms with van der Waals surface area (Å²) in [5, 5.41) is 9.33. The van der Waals surface area contributed by atoms with Crippen molar-refractivity contribution in [3.8, 4) is 6.07 Å². The fraction of sp³-hybridized carbons (Fsp3) is 0.154. The first kappa shape index (κ1) is 24.7. The van der Waals surface area contributed by atoms with Crippen LogP contribution in [-0.4, -0.2) is 43.7 Å². The maximum atomic E-state index is 14.0. The average Bonchev–Trinajstić information content (AvgIpc) is 3.41. The quantitative estimate of drug-likeness (QED) is 0.405. The average molecular weight is 534 g/mol. The highest BCUT2D eigenvalue weighted by Crippen LogP contribution is 2.35. The maximum absolute atomic E-state index is 14.0. The Morgan fingerprint density at radius 3 is 2.30 bits per heavy atom. The summed E-state index contributed by atoms with van der Waals surface area (Å²) < 4.78 is 58.0. The summed E-state index contributed by atoms with van der Waals surface area (Å²) in [7, 11) is -8.18. The van der Waals surface area contributed by atoms with Gasteiger partial charge < -0.3 is 4.98 Å². The number of hydrogen-bond acceptors (Lipinski definition) is 6. The third kappa shape index (κ3) is 4.74. The topological polar surface area (TPSA) is 127 Å². The molecule has 11 heteroatoms. The second-order valence-electron chi connectivity index (χ2n) is 8.61. The molecule has 0 spiro atoms. The van der Waals surface area contributed by atoms with Crippen LogP contribution in [0.1, 0.15) is 16.7 Å². The third-order valence-electron chi connectivity index (χ3n) is 6.28.